The second-order valence-electron chi connectivity index (χ2n) is 6.81. The fourth-order valence-electron chi connectivity index (χ4n) is 3.84. The summed E-state index contributed by atoms with van der Waals surface area (Å²) in [5, 5.41) is 29.7. The second kappa shape index (κ2) is 6.13. The summed E-state index contributed by atoms with van der Waals surface area (Å²) in [6, 6.07) is 9.37. The molecule has 0 radical (unpaired) electrons. The number of aromatic hydroxyl groups is 1. The molecule has 4 rings (SSSR count). The number of fused-ring (bicyclic) bond motifs is 3. The predicted octanol–water partition coefficient (Wildman–Crippen LogP) is 2.63. The number of nitrogens with zero attached hydrogens (tertiary/aromatic N) is 3. The molecule has 0 aliphatic carbocycles. The highest BCUT2D eigenvalue weighted by molar-refractivity contribution is 5.86. The summed E-state index contributed by atoms with van der Waals surface area (Å²) in [7, 11) is 0. The molecule has 3 heterocycles. The molecular weight excluding hydrogens is 316 g/mol. The Morgan fingerprint density at radius 2 is 2.08 bits per heavy atom. The zero-order valence-electron chi connectivity index (χ0n) is 14.4. The van der Waals surface area contributed by atoms with E-state index in [-0.39, 0.29) is 18.4 Å². The third-order valence-electron chi connectivity index (χ3n) is 5.05. The lowest BCUT2D eigenvalue weighted by Gasteiger charge is -2.37. The van der Waals surface area contributed by atoms with E-state index in [1.165, 1.54) is 0 Å². The highest BCUT2D eigenvalue weighted by Crippen LogP contribution is 2.37. The van der Waals surface area contributed by atoms with Crippen molar-refractivity contribution < 1.29 is 10.2 Å². The Kier molecular flexibility index (Phi) is 3.94. The number of H-pyrrole nitrogens is 1. The number of phenols is 1. The number of rotatable bonds is 3. The van der Waals surface area contributed by atoms with Crippen LogP contribution in [0.25, 0.3) is 22.3 Å². The first-order valence-corrected chi connectivity index (χ1v) is 8.63. The molecule has 6 heteroatoms. The van der Waals surface area contributed by atoms with Gasteiger partial charge in [-0.3, -0.25) is 4.90 Å². The van der Waals surface area contributed by atoms with Gasteiger partial charge in [0, 0.05) is 41.2 Å². The van der Waals surface area contributed by atoms with E-state index in [0.29, 0.717) is 17.3 Å². The van der Waals surface area contributed by atoms with Crippen molar-refractivity contribution >= 4 is 11.0 Å². The highest BCUT2D eigenvalue weighted by atomic mass is 16.3. The molecule has 0 spiro atoms. The molecule has 1 aliphatic heterocycles. The van der Waals surface area contributed by atoms with Gasteiger partial charge in [-0.1, -0.05) is 12.1 Å². The largest absolute Gasteiger partial charge is 0.507 e. The molecule has 0 bridgehead atoms. The summed E-state index contributed by atoms with van der Waals surface area (Å²) >= 11 is 0. The minimum Gasteiger partial charge on any atom is -0.507 e. The molecule has 25 heavy (non-hydrogen) atoms. The molecule has 0 saturated heterocycles. The molecule has 0 amide bonds. The van der Waals surface area contributed by atoms with E-state index in [4.69, 9.17) is 0 Å². The predicted molar refractivity (Wildman–Crippen MR) is 96.4 cm³/mol. The summed E-state index contributed by atoms with van der Waals surface area (Å²) in [5.41, 5.74) is 4.24. The van der Waals surface area contributed by atoms with E-state index >= 15 is 0 Å². The number of phenolic OH excluding ortho intramolecular Hbond substituents is 1. The number of benzene rings is 1. The van der Waals surface area contributed by atoms with Gasteiger partial charge in [-0.15, -0.1) is 10.2 Å². The average molecular weight is 338 g/mol. The topological polar surface area (TPSA) is 85.3 Å². The summed E-state index contributed by atoms with van der Waals surface area (Å²) in [5.74, 6) is 0.183. The van der Waals surface area contributed by atoms with E-state index in [1.54, 1.807) is 12.1 Å². The molecule has 1 aliphatic rings. The SMILES string of the molecule is CC(C)N1CCc2[nH]c3nnc(-c4ccccc4O)cc3c2[C@@H]1CO. The molecule has 1 atom stereocenters. The molecule has 0 fully saturated rings. The molecule has 0 saturated carbocycles. The number of aromatic amines is 1. The maximum absolute atomic E-state index is 10.1. The maximum Gasteiger partial charge on any atom is 0.160 e. The van der Waals surface area contributed by atoms with Crippen LogP contribution < -0.4 is 0 Å². The van der Waals surface area contributed by atoms with Gasteiger partial charge in [-0.2, -0.15) is 0 Å². The van der Waals surface area contributed by atoms with Crippen LogP contribution in [0.4, 0.5) is 0 Å². The summed E-state index contributed by atoms with van der Waals surface area (Å²) < 4.78 is 0. The van der Waals surface area contributed by atoms with E-state index in [0.717, 1.165) is 35.3 Å². The highest BCUT2D eigenvalue weighted by Gasteiger charge is 2.32. The summed E-state index contributed by atoms with van der Waals surface area (Å²) in [6.45, 7) is 5.26. The van der Waals surface area contributed by atoms with Gasteiger partial charge in [0.2, 0.25) is 0 Å². The maximum atomic E-state index is 10.1. The van der Waals surface area contributed by atoms with Gasteiger partial charge in [-0.25, -0.2) is 0 Å². The van der Waals surface area contributed by atoms with E-state index < -0.39 is 0 Å². The van der Waals surface area contributed by atoms with Gasteiger partial charge < -0.3 is 15.2 Å². The number of aromatic nitrogens is 3. The minimum absolute atomic E-state index is 0.0566. The van der Waals surface area contributed by atoms with Crippen molar-refractivity contribution in [3.63, 3.8) is 0 Å². The first-order valence-electron chi connectivity index (χ1n) is 8.63. The normalized spacial score (nSPS) is 18.0. The van der Waals surface area contributed by atoms with Gasteiger partial charge in [0.25, 0.3) is 0 Å². The van der Waals surface area contributed by atoms with Crippen LogP contribution in [0.3, 0.4) is 0 Å². The molecule has 130 valence electrons. The zero-order chi connectivity index (χ0) is 17.6. The standard InChI is InChI=1S/C19H22N4O2/c1-11(2)23-8-7-14-18(16(23)10-24)13-9-15(21-22-19(13)20-14)12-5-3-4-6-17(12)25/h3-6,9,11,16,24-25H,7-8,10H2,1-2H3,(H,20,22)/t16-/m0/s1. The quantitative estimate of drug-likeness (QED) is 0.683. The van der Waals surface area contributed by atoms with Crippen LogP contribution in [0.1, 0.15) is 31.1 Å². The molecular formula is C19H22N4O2. The van der Waals surface area contributed by atoms with Crippen molar-refractivity contribution in [1.82, 2.24) is 20.1 Å². The third-order valence-corrected chi connectivity index (χ3v) is 5.05. The van der Waals surface area contributed by atoms with Crippen LogP contribution in [-0.2, 0) is 6.42 Å². The van der Waals surface area contributed by atoms with Gasteiger partial charge >= 0.3 is 0 Å². The van der Waals surface area contributed by atoms with Crippen molar-refractivity contribution in [3.05, 3.63) is 41.6 Å². The van der Waals surface area contributed by atoms with Gasteiger partial charge in [0.05, 0.1) is 18.3 Å². The Morgan fingerprint density at radius 3 is 2.80 bits per heavy atom. The Hall–Kier alpha value is -2.44. The Labute approximate surface area is 146 Å². The van der Waals surface area contributed by atoms with Crippen LogP contribution >= 0.6 is 0 Å². The van der Waals surface area contributed by atoms with Crippen LogP contribution in [0.5, 0.6) is 5.75 Å². The van der Waals surface area contributed by atoms with Gasteiger partial charge in [-0.05, 0) is 32.0 Å². The number of nitrogens with one attached hydrogen (secondary N) is 1. The molecule has 1 aromatic carbocycles. The van der Waals surface area contributed by atoms with Crippen molar-refractivity contribution in [2.75, 3.05) is 13.2 Å². The lowest BCUT2D eigenvalue weighted by atomic mass is 9.95. The lowest BCUT2D eigenvalue weighted by molar-refractivity contribution is 0.0878. The van der Waals surface area contributed by atoms with Crippen LogP contribution in [0, 0.1) is 0 Å². The average Bonchev–Trinajstić information content (AvgIpc) is 2.99. The first kappa shape index (κ1) is 16.1. The van der Waals surface area contributed by atoms with E-state index in [9.17, 15) is 10.2 Å². The van der Waals surface area contributed by atoms with Crippen molar-refractivity contribution in [2.24, 2.45) is 0 Å². The fraction of sp³-hybridized carbons (Fsp3) is 0.368. The number of para-hydroxylation sites is 1. The molecule has 6 nitrogen and oxygen atoms in total. The molecule has 0 unspecified atom stereocenters. The van der Waals surface area contributed by atoms with Crippen LogP contribution in [0.15, 0.2) is 30.3 Å². The van der Waals surface area contributed by atoms with Gasteiger partial charge in [0.15, 0.2) is 5.65 Å². The Morgan fingerprint density at radius 1 is 1.28 bits per heavy atom. The third kappa shape index (κ3) is 2.58. The smallest absolute Gasteiger partial charge is 0.160 e. The molecule has 3 aromatic rings. The van der Waals surface area contributed by atoms with Crippen LogP contribution in [0.2, 0.25) is 0 Å². The number of hydrogen-bond acceptors (Lipinski definition) is 5. The minimum atomic E-state index is -0.0566. The van der Waals surface area contributed by atoms with E-state index in [1.807, 2.05) is 18.2 Å². The molecule has 2 aromatic heterocycles. The number of aliphatic hydroxyl groups is 1. The second-order valence-corrected chi connectivity index (χ2v) is 6.81. The van der Waals surface area contributed by atoms with Gasteiger partial charge in [0.1, 0.15) is 5.75 Å². The summed E-state index contributed by atoms with van der Waals surface area (Å²) in [4.78, 5) is 5.67. The lowest BCUT2D eigenvalue weighted by Crippen LogP contribution is -2.41. The van der Waals surface area contributed by atoms with Crippen molar-refractivity contribution in [2.45, 2.75) is 32.4 Å². The van der Waals surface area contributed by atoms with Crippen LogP contribution in [-0.4, -0.2) is 49.5 Å². The van der Waals surface area contributed by atoms with Crippen molar-refractivity contribution in [3.8, 4) is 17.0 Å². The fourth-order valence-corrected chi connectivity index (χ4v) is 3.84. The number of hydrogen-bond donors (Lipinski definition) is 3. The monoisotopic (exact) mass is 338 g/mol. The zero-order valence-corrected chi connectivity index (χ0v) is 14.4. The molecule has 3 N–H and O–H groups in total. The van der Waals surface area contributed by atoms with E-state index in [2.05, 4.69) is 33.9 Å². The summed E-state index contributed by atoms with van der Waals surface area (Å²) in [6.07, 6.45) is 0.895. The van der Waals surface area contributed by atoms with Crippen molar-refractivity contribution in [1.29, 1.82) is 0 Å². The number of aliphatic hydroxyl groups excluding tert-OH is 1. The Bertz CT molecular complexity index is 919. The first-order chi connectivity index (χ1) is 12.1. The Balaban J connectivity index is 1.89.